The minimum Gasteiger partial charge on any atom is -0.481 e. The number of carbonyl (C=O) groups excluding carboxylic acids is 1. The Morgan fingerprint density at radius 3 is 2.62 bits per heavy atom. The second-order valence-electron chi connectivity index (χ2n) is 7.79. The van der Waals surface area contributed by atoms with Gasteiger partial charge in [-0.05, 0) is 45.2 Å². The highest BCUT2D eigenvalue weighted by Gasteiger charge is 2.34. The molecule has 4 heterocycles. The third-order valence-corrected chi connectivity index (χ3v) is 5.67. The number of aliphatic carboxylic acids is 1. The number of carboxylic acid groups (broad SMARTS) is 1. The van der Waals surface area contributed by atoms with Crippen LogP contribution >= 0.6 is 0 Å². The largest absolute Gasteiger partial charge is 0.481 e. The lowest BCUT2D eigenvalue weighted by atomic mass is 9.86. The maximum absolute atomic E-state index is 13.4. The average Bonchev–Trinajstić information content (AvgIpc) is 3.21. The van der Waals surface area contributed by atoms with Crippen LogP contribution in [0.25, 0.3) is 22.4 Å². The number of fused-ring (bicyclic) bond motifs is 1. The number of pyridine rings is 1. The van der Waals surface area contributed by atoms with Gasteiger partial charge in [0.1, 0.15) is 11.5 Å². The molecular weight excluding hydrogens is 374 g/mol. The van der Waals surface area contributed by atoms with Gasteiger partial charge in [-0.25, -0.2) is 4.98 Å². The Hall–Kier alpha value is -3.16. The summed E-state index contributed by atoms with van der Waals surface area (Å²) in [7, 11) is 0. The Morgan fingerprint density at radius 1 is 1.24 bits per heavy atom. The first-order valence-electron chi connectivity index (χ1n) is 9.62. The van der Waals surface area contributed by atoms with Crippen LogP contribution in [0.15, 0.2) is 21.1 Å². The standard InChI is InChI=1S/C21H23N3O5/c1-10-9-24(6-5-14(10)21(26)27)20(25)16-8-17(15-7-11(2)28-13(15)4)22-19-18(16)12(3)23-29-19/h7-8,10,14H,5-6,9H2,1-4H3,(H,26,27). The summed E-state index contributed by atoms with van der Waals surface area (Å²) < 4.78 is 11.0. The summed E-state index contributed by atoms with van der Waals surface area (Å²) in [4.78, 5) is 31.1. The summed E-state index contributed by atoms with van der Waals surface area (Å²) in [6.07, 6.45) is 0.436. The summed E-state index contributed by atoms with van der Waals surface area (Å²) in [6.45, 7) is 8.13. The molecule has 8 heteroatoms. The topological polar surface area (TPSA) is 110 Å². The molecule has 0 radical (unpaired) electrons. The fourth-order valence-corrected chi connectivity index (χ4v) is 4.15. The SMILES string of the molecule is Cc1cc(-c2cc(C(=O)N3CCC(C(=O)O)C(C)C3)c3c(C)noc3n2)c(C)o1. The van der Waals surface area contributed by atoms with Gasteiger partial charge in [0.05, 0.1) is 28.3 Å². The number of aryl methyl sites for hydroxylation is 3. The highest BCUT2D eigenvalue weighted by Crippen LogP contribution is 2.32. The van der Waals surface area contributed by atoms with Crippen LogP contribution in [0, 0.1) is 32.6 Å². The van der Waals surface area contributed by atoms with Crippen LogP contribution in [-0.2, 0) is 4.79 Å². The van der Waals surface area contributed by atoms with Crippen molar-refractivity contribution in [2.45, 2.75) is 34.1 Å². The lowest BCUT2D eigenvalue weighted by Crippen LogP contribution is -2.45. The number of rotatable bonds is 3. The van der Waals surface area contributed by atoms with Crippen molar-refractivity contribution in [2.24, 2.45) is 11.8 Å². The van der Waals surface area contributed by atoms with Gasteiger partial charge in [0.25, 0.3) is 11.6 Å². The highest BCUT2D eigenvalue weighted by molar-refractivity contribution is 6.07. The Morgan fingerprint density at radius 2 is 2.00 bits per heavy atom. The van der Waals surface area contributed by atoms with Crippen LogP contribution in [0.2, 0.25) is 0 Å². The van der Waals surface area contributed by atoms with E-state index in [0.29, 0.717) is 53.3 Å². The molecule has 0 bridgehead atoms. The zero-order chi connectivity index (χ0) is 20.9. The Balaban J connectivity index is 1.76. The van der Waals surface area contributed by atoms with E-state index in [1.54, 1.807) is 17.9 Å². The molecule has 1 N–H and O–H groups in total. The van der Waals surface area contributed by atoms with E-state index < -0.39 is 11.9 Å². The van der Waals surface area contributed by atoms with Crippen molar-refractivity contribution >= 4 is 23.0 Å². The van der Waals surface area contributed by atoms with E-state index in [2.05, 4.69) is 10.1 Å². The molecule has 8 nitrogen and oxygen atoms in total. The molecule has 0 aromatic carbocycles. The fourth-order valence-electron chi connectivity index (χ4n) is 4.15. The molecule has 2 atom stereocenters. The normalized spacial score (nSPS) is 19.7. The number of piperidine rings is 1. The molecule has 1 saturated heterocycles. The van der Waals surface area contributed by atoms with Crippen molar-refractivity contribution < 1.29 is 23.6 Å². The molecular formula is C21H23N3O5. The molecule has 2 unspecified atom stereocenters. The van der Waals surface area contributed by atoms with Crippen LogP contribution in [0.3, 0.4) is 0 Å². The number of likely N-dealkylation sites (tertiary alicyclic amines) is 1. The average molecular weight is 397 g/mol. The smallest absolute Gasteiger partial charge is 0.306 e. The number of hydrogen-bond donors (Lipinski definition) is 1. The zero-order valence-corrected chi connectivity index (χ0v) is 16.9. The number of carboxylic acids is 1. The van der Waals surface area contributed by atoms with Gasteiger partial charge < -0.3 is 18.9 Å². The van der Waals surface area contributed by atoms with E-state index in [-0.39, 0.29) is 11.8 Å². The van der Waals surface area contributed by atoms with Crippen molar-refractivity contribution in [3.63, 3.8) is 0 Å². The number of amides is 1. The first kappa shape index (κ1) is 19.2. The summed E-state index contributed by atoms with van der Waals surface area (Å²) in [5.74, 6) is -0.0619. The maximum Gasteiger partial charge on any atom is 0.306 e. The Labute approximate surface area is 167 Å². The third kappa shape index (κ3) is 3.28. The summed E-state index contributed by atoms with van der Waals surface area (Å²) in [6, 6.07) is 3.63. The van der Waals surface area contributed by atoms with E-state index in [9.17, 15) is 14.7 Å². The second kappa shape index (κ2) is 7.02. The van der Waals surface area contributed by atoms with E-state index in [4.69, 9.17) is 8.94 Å². The minimum absolute atomic E-state index is 0.121. The van der Waals surface area contributed by atoms with Gasteiger partial charge in [-0.1, -0.05) is 12.1 Å². The number of carbonyl (C=O) groups is 2. The van der Waals surface area contributed by atoms with Crippen molar-refractivity contribution in [1.82, 2.24) is 15.0 Å². The molecule has 3 aromatic rings. The zero-order valence-electron chi connectivity index (χ0n) is 16.9. The van der Waals surface area contributed by atoms with E-state index in [1.165, 1.54) is 0 Å². The predicted molar refractivity (Wildman–Crippen MR) is 105 cm³/mol. The van der Waals surface area contributed by atoms with Gasteiger partial charge in [-0.15, -0.1) is 0 Å². The van der Waals surface area contributed by atoms with Crippen molar-refractivity contribution in [1.29, 1.82) is 0 Å². The lowest BCUT2D eigenvalue weighted by molar-refractivity contribution is -0.145. The van der Waals surface area contributed by atoms with Gasteiger partial charge >= 0.3 is 5.97 Å². The second-order valence-corrected chi connectivity index (χ2v) is 7.79. The van der Waals surface area contributed by atoms with Crippen molar-refractivity contribution in [2.75, 3.05) is 13.1 Å². The first-order chi connectivity index (χ1) is 13.8. The van der Waals surface area contributed by atoms with E-state index in [1.807, 2.05) is 26.8 Å². The van der Waals surface area contributed by atoms with Crippen LogP contribution in [0.1, 0.15) is 40.9 Å². The molecule has 29 heavy (non-hydrogen) atoms. The number of furan rings is 1. The van der Waals surface area contributed by atoms with E-state index >= 15 is 0 Å². The predicted octanol–water partition coefficient (Wildman–Crippen LogP) is 3.59. The molecule has 1 fully saturated rings. The maximum atomic E-state index is 13.4. The monoisotopic (exact) mass is 397 g/mol. The molecule has 1 amide bonds. The summed E-state index contributed by atoms with van der Waals surface area (Å²) >= 11 is 0. The molecule has 0 aliphatic carbocycles. The van der Waals surface area contributed by atoms with Gasteiger partial charge in [0.15, 0.2) is 0 Å². The van der Waals surface area contributed by atoms with Crippen LogP contribution in [0.4, 0.5) is 0 Å². The number of hydrogen-bond acceptors (Lipinski definition) is 6. The van der Waals surface area contributed by atoms with Crippen LogP contribution in [-0.4, -0.2) is 45.1 Å². The quantitative estimate of drug-likeness (QED) is 0.719. The van der Waals surface area contributed by atoms with Gasteiger partial charge in [-0.2, -0.15) is 0 Å². The van der Waals surface area contributed by atoms with Gasteiger partial charge in [0.2, 0.25) is 0 Å². The van der Waals surface area contributed by atoms with E-state index in [0.717, 1.165) is 11.3 Å². The molecule has 1 aliphatic heterocycles. The Kier molecular flexibility index (Phi) is 4.64. The van der Waals surface area contributed by atoms with Crippen molar-refractivity contribution in [3.05, 3.63) is 34.9 Å². The minimum atomic E-state index is -0.807. The van der Waals surface area contributed by atoms with Crippen LogP contribution in [0.5, 0.6) is 0 Å². The van der Waals surface area contributed by atoms with Crippen molar-refractivity contribution in [3.8, 4) is 11.3 Å². The van der Waals surface area contributed by atoms with Gasteiger partial charge in [0, 0.05) is 18.7 Å². The summed E-state index contributed by atoms with van der Waals surface area (Å²) in [5, 5.41) is 13.9. The third-order valence-electron chi connectivity index (χ3n) is 5.67. The molecule has 1 aliphatic rings. The first-order valence-corrected chi connectivity index (χ1v) is 9.62. The molecule has 4 rings (SSSR count). The molecule has 3 aromatic heterocycles. The highest BCUT2D eigenvalue weighted by atomic mass is 16.5. The summed E-state index contributed by atoms with van der Waals surface area (Å²) in [5.41, 5.74) is 2.74. The Bertz CT molecular complexity index is 1110. The molecule has 0 spiro atoms. The number of aromatic nitrogens is 2. The fraction of sp³-hybridized carbons (Fsp3) is 0.429. The van der Waals surface area contributed by atoms with Gasteiger partial charge in [-0.3, -0.25) is 9.59 Å². The molecule has 152 valence electrons. The number of nitrogens with zero attached hydrogens (tertiary/aromatic N) is 3. The lowest BCUT2D eigenvalue weighted by Gasteiger charge is -2.35. The van der Waals surface area contributed by atoms with Crippen LogP contribution < -0.4 is 0 Å². The molecule has 0 saturated carbocycles.